The minimum Gasteiger partial charge on any atom is -0.463 e. The average molecular weight is 231 g/mol. The van der Waals surface area contributed by atoms with Crippen molar-refractivity contribution in [2.45, 2.75) is 20.0 Å². The molecule has 0 amide bonds. The lowest BCUT2D eigenvalue weighted by atomic mass is 10.1. The number of hydrogen-bond donors (Lipinski definition) is 0. The van der Waals surface area contributed by atoms with Gasteiger partial charge in [0.15, 0.2) is 0 Å². The first-order valence-corrected chi connectivity index (χ1v) is 5.84. The minimum atomic E-state index is -0.288. The Bertz CT molecular complexity index is 415. The molecule has 0 saturated carbocycles. The van der Waals surface area contributed by atoms with Crippen LogP contribution in [0, 0.1) is 0 Å². The minimum absolute atomic E-state index is 0.288. The molecule has 1 aromatic rings. The lowest BCUT2D eigenvalue weighted by Gasteiger charge is -2.15. The number of carbonyl (C=O) groups excluding carboxylic acids is 1. The van der Waals surface area contributed by atoms with E-state index < -0.39 is 0 Å². The van der Waals surface area contributed by atoms with E-state index >= 15 is 0 Å². The van der Waals surface area contributed by atoms with E-state index in [9.17, 15) is 4.79 Å². The Hall–Kier alpha value is -1.61. The Kier molecular flexibility index (Phi) is 3.59. The fourth-order valence-electron chi connectivity index (χ4n) is 2.08. The van der Waals surface area contributed by atoms with Crippen LogP contribution in [0.3, 0.4) is 0 Å². The largest absolute Gasteiger partial charge is 0.463 e. The third kappa shape index (κ3) is 2.74. The third-order valence-corrected chi connectivity index (χ3v) is 2.88. The molecular formula is C14H17NO2. The van der Waals surface area contributed by atoms with Crippen molar-refractivity contribution in [3.8, 4) is 0 Å². The zero-order valence-electron chi connectivity index (χ0n) is 10.1. The highest BCUT2D eigenvalue weighted by atomic mass is 16.5. The Morgan fingerprint density at radius 2 is 1.94 bits per heavy atom. The van der Waals surface area contributed by atoms with E-state index in [1.807, 2.05) is 12.1 Å². The molecule has 0 unspecified atom stereocenters. The van der Waals surface area contributed by atoms with Crippen LogP contribution in [0.25, 0.3) is 0 Å². The van der Waals surface area contributed by atoms with Crippen LogP contribution in [0.5, 0.6) is 0 Å². The van der Waals surface area contributed by atoms with Gasteiger partial charge in [0.25, 0.3) is 0 Å². The summed E-state index contributed by atoms with van der Waals surface area (Å²) in [5, 5.41) is 0. The topological polar surface area (TPSA) is 29.5 Å². The highest BCUT2D eigenvalue weighted by Gasteiger charge is 2.20. The van der Waals surface area contributed by atoms with E-state index in [1.165, 1.54) is 11.1 Å². The van der Waals surface area contributed by atoms with Gasteiger partial charge in [-0.2, -0.15) is 0 Å². The average Bonchev–Trinajstić information content (AvgIpc) is 2.71. The second kappa shape index (κ2) is 5.15. The van der Waals surface area contributed by atoms with Gasteiger partial charge in [-0.1, -0.05) is 30.8 Å². The number of fused-ring (bicyclic) bond motifs is 1. The van der Waals surface area contributed by atoms with E-state index in [-0.39, 0.29) is 5.97 Å². The molecule has 3 nitrogen and oxygen atoms in total. The highest BCUT2D eigenvalue weighted by Crippen LogP contribution is 2.22. The summed E-state index contributed by atoms with van der Waals surface area (Å²) in [6.07, 6.45) is 0. The van der Waals surface area contributed by atoms with E-state index in [2.05, 4.69) is 23.6 Å². The Morgan fingerprint density at radius 3 is 2.47 bits per heavy atom. The first-order chi connectivity index (χ1) is 8.20. The number of carbonyl (C=O) groups is 1. The van der Waals surface area contributed by atoms with Crippen LogP contribution in [-0.2, 0) is 22.6 Å². The molecule has 0 aliphatic carbocycles. The number of benzene rings is 1. The molecule has 0 aromatic heterocycles. The lowest BCUT2D eigenvalue weighted by molar-refractivity contribution is -0.138. The van der Waals surface area contributed by atoms with Crippen LogP contribution < -0.4 is 0 Å². The summed E-state index contributed by atoms with van der Waals surface area (Å²) in [5.41, 5.74) is 3.20. The Morgan fingerprint density at radius 1 is 1.35 bits per heavy atom. The highest BCUT2D eigenvalue weighted by molar-refractivity contribution is 5.88. The molecule has 0 radical (unpaired) electrons. The van der Waals surface area contributed by atoms with Crippen molar-refractivity contribution < 1.29 is 9.53 Å². The van der Waals surface area contributed by atoms with E-state index in [0.29, 0.717) is 18.7 Å². The third-order valence-electron chi connectivity index (χ3n) is 2.88. The zero-order valence-corrected chi connectivity index (χ0v) is 10.1. The zero-order chi connectivity index (χ0) is 12.3. The summed E-state index contributed by atoms with van der Waals surface area (Å²) in [4.78, 5) is 13.7. The van der Waals surface area contributed by atoms with Crippen molar-refractivity contribution in [2.75, 3.05) is 13.2 Å². The fourth-order valence-corrected chi connectivity index (χ4v) is 2.08. The van der Waals surface area contributed by atoms with Gasteiger partial charge >= 0.3 is 5.97 Å². The molecular weight excluding hydrogens is 214 g/mol. The predicted octanol–water partition coefficient (Wildman–Crippen LogP) is 2.12. The van der Waals surface area contributed by atoms with Crippen molar-refractivity contribution in [3.05, 3.63) is 47.5 Å². The normalized spacial score (nSPS) is 14.4. The lowest BCUT2D eigenvalue weighted by Crippen LogP contribution is -2.23. The van der Waals surface area contributed by atoms with Crippen molar-refractivity contribution >= 4 is 5.97 Å². The summed E-state index contributed by atoms with van der Waals surface area (Å²) < 4.78 is 4.93. The summed E-state index contributed by atoms with van der Waals surface area (Å²) in [7, 11) is 0. The molecule has 17 heavy (non-hydrogen) atoms. The molecule has 2 rings (SSSR count). The number of nitrogens with zero attached hydrogens (tertiary/aromatic N) is 1. The molecule has 90 valence electrons. The maximum atomic E-state index is 11.5. The summed E-state index contributed by atoms with van der Waals surface area (Å²) in [6, 6.07) is 8.34. The molecule has 0 N–H and O–H groups in total. The molecule has 0 fully saturated rings. The number of ether oxygens (including phenoxy) is 1. The number of esters is 1. The SMILES string of the molecule is C=C(CN1Cc2ccccc2C1)C(=O)OCC. The molecule has 0 bridgehead atoms. The second-order valence-electron chi connectivity index (χ2n) is 4.24. The molecule has 0 spiro atoms. The number of hydrogen-bond acceptors (Lipinski definition) is 3. The summed E-state index contributed by atoms with van der Waals surface area (Å²) in [5.74, 6) is -0.288. The standard InChI is InChI=1S/C14H17NO2/c1-3-17-14(16)11(2)8-15-9-12-6-4-5-7-13(12)10-15/h4-7H,2-3,8-10H2,1H3. The van der Waals surface area contributed by atoms with Crippen molar-refractivity contribution in [1.82, 2.24) is 4.90 Å². The second-order valence-corrected chi connectivity index (χ2v) is 4.24. The van der Waals surface area contributed by atoms with Gasteiger partial charge in [-0.15, -0.1) is 0 Å². The first-order valence-electron chi connectivity index (χ1n) is 5.84. The fraction of sp³-hybridized carbons (Fsp3) is 0.357. The molecule has 1 aliphatic heterocycles. The molecule has 1 aromatic carbocycles. The molecule has 1 aliphatic rings. The maximum absolute atomic E-state index is 11.5. The van der Waals surface area contributed by atoms with Crippen molar-refractivity contribution in [3.63, 3.8) is 0 Å². The predicted molar refractivity (Wildman–Crippen MR) is 66.3 cm³/mol. The van der Waals surface area contributed by atoms with Crippen molar-refractivity contribution in [2.24, 2.45) is 0 Å². The molecule has 0 saturated heterocycles. The van der Waals surface area contributed by atoms with Gasteiger partial charge in [0.1, 0.15) is 0 Å². The van der Waals surface area contributed by atoms with Crippen LogP contribution in [0.15, 0.2) is 36.4 Å². The monoisotopic (exact) mass is 231 g/mol. The van der Waals surface area contributed by atoms with Gasteiger partial charge in [0.2, 0.25) is 0 Å². The van der Waals surface area contributed by atoms with Gasteiger partial charge in [0.05, 0.1) is 6.61 Å². The quantitative estimate of drug-likeness (QED) is 0.587. The van der Waals surface area contributed by atoms with Gasteiger partial charge in [-0.05, 0) is 18.1 Å². The van der Waals surface area contributed by atoms with E-state index in [4.69, 9.17) is 4.74 Å². The first kappa shape index (κ1) is 11.9. The molecule has 1 heterocycles. The van der Waals surface area contributed by atoms with Crippen LogP contribution in [-0.4, -0.2) is 24.0 Å². The molecule has 0 atom stereocenters. The summed E-state index contributed by atoms with van der Waals surface area (Å²) >= 11 is 0. The van der Waals surface area contributed by atoms with Crippen LogP contribution in [0.4, 0.5) is 0 Å². The summed E-state index contributed by atoms with van der Waals surface area (Å²) in [6.45, 7) is 8.33. The van der Waals surface area contributed by atoms with Gasteiger partial charge in [-0.3, -0.25) is 4.90 Å². The van der Waals surface area contributed by atoms with Crippen LogP contribution in [0.2, 0.25) is 0 Å². The van der Waals surface area contributed by atoms with Gasteiger partial charge < -0.3 is 4.74 Å². The number of rotatable bonds is 4. The van der Waals surface area contributed by atoms with E-state index in [1.54, 1.807) is 6.92 Å². The molecule has 3 heteroatoms. The smallest absolute Gasteiger partial charge is 0.334 e. The van der Waals surface area contributed by atoms with Crippen LogP contribution >= 0.6 is 0 Å². The van der Waals surface area contributed by atoms with E-state index in [0.717, 1.165) is 13.1 Å². The Labute approximate surface area is 102 Å². The van der Waals surface area contributed by atoms with Crippen molar-refractivity contribution in [1.29, 1.82) is 0 Å². The maximum Gasteiger partial charge on any atom is 0.334 e. The Balaban J connectivity index is 1.92. The van der Waals surface area contributed by atoms with Crippen LogP contribution in [0.1, 0.15) is 18.1 Å². The van der Waals surface area contributed by atoms with Gasteiger partial charge in [0, 0.05) is 25.2 Å². The van der Waals surface area contributed by atoms with Gasteiger partial charge in [-0.25, -0.2) is 4.79 Å².